The molecule has 2 atom stereocenters. The van der Waals surface area contributed by atoms with E-state index in [1.54, 1.807) is 6.20 Å². The predicted octanol–water partition coefficient (Wildman–Crippen LogP) is 2.36. The first-order valence-corrected chi connectivity index (χ1v) is 7.93. The summed E-state index contributed by atoms with van der Waals surface area (Å²) in [5, 5.41) is 19.5. The van der Waals surface area contributed by atoms with Gasteiger partial charge in [0.15, 0.2) is 0 Å². The zero-order valence-electron chi connectivity index (χ0n) is 12.7. The van der Waals surface area contributed by atoms with Crippen LogP contribution in [0.4, 0.5) is 10.5 Å². The summed E-state index contributed by atoms with van der Waals surface area (Å²) in [6, 6.07) is -0.153. The maximum Gasteiger partial charge on any atom is 0.319 e. The van der Waals surface area contributed by atoms with Gasteiger partial charge in [0.1, 0.15) is 0 Å². The van der Waals surface area contributed by atoms with Gasteiger partial charge in [-0.15, -0.1) is 0 Å². The molecule has 6 heteroatoms. The van der Waals surface area contributed by atoms with Crippen molar-refractivity contribution in [3.63, 3.8) is 0 Å². The molecule has 0 bridgehead atoms. The van der Waals surface area contributed by atoms with Gasteiger partial charge in [0.05, 0.1) is 11.9 Å². The van der Waals surface area contributed by atoms with E-state index in [-0.39, 0.29) is 24.6 Å². The normalized spacial score (nSPS) is 22.6. The minimum absolute atomic E-state index is 0.0585. The van der Waals surface area contributed by atoms with Gasteiger partial charge in [-0.3, -0.25) is 4.68 Å². The van der Waals surface area contributed by atoms with Crippen LogP contribution in [-0.2, 0) is 6.54 Å². The van der Waals surface area contributed by atoms with Gasteiger partial charge in [-0.1, -0.05) is 26.2 Å². The lowest BCUT2D eigenvalue weighted by Crippen LogP contribution is -2.43. The Labute approximate surface area is 125 Å². The Balaban J connectivity index is 1.87. The third-order valence-corrected chi connectivity index (χ3v) is 4.05. The summed E-state index contributed by atoms with van der Waals surface area (Å²) in [4.78, 5) is 12.1. The molecule has 1 fully saturated rings. The van der Waals surface area contributed by atoms with E-state index in [1.807, 2.05) is 10.9 Å². The molecule has 1 aromatic heterocycles. The predicted molar refractivity (Wildman–Crippen MR) is 82.1 cm³/mol. The summed E-state index contributed by atoms with van der Waals surface area (Å²) >= 11 is 0. The highest BCUT2D eigenvalue weighted by atomic mass is 16.3. The zero-order valence-corrected chi connectivity index (χ0v) is 12.7. The highest BCUT2D eigenvalue weighted by Crippen LogP contribution is 2.23. The van der Waals surface area contributed by atoms with Crippen LogP contribution in [-0.4, -0.2) is 33.6 Å². The Hall–Kier alpha value is -1.56. The molecule has 21 heavy (non-hydrogen) atoms. The molecule has 1 aliphatic carbocycles. The summed E-state index contributed by atoms with van der Waals surface area (Å²) in [6.45, 7) is 3.07. The minimum Gasteiger partial charge on any atom is -0.396 e. The first-order valence-electron chi connectivity index (χ1n) is 7.93. The monoisotopic (exact) mass is 294 g/mol. The number of nitrogens with one attached hydrogen (secondary N) is 2. The maximum absolute atomic E-state index is 12.1. The van der Waals surface area contributed by atoms with Crippen molar-refractivity contribution in [3.05, 3.63) is 12.4 Å². The number of carbonyl (C=O) groups is 1. The van der Waals surface area contributed by atoms with Crippen molar-refractivity contribution in [2.24, 2.45) is 5.92 Å². The fourth-order valence-electron chi connectivity index (χ4n) is 2.91. The molecule has 0 spiro atoms. The molecule has 1 heterocycles. The van der Waals surface area contributed by atoms with Crippen molar-refractivity contribution < 1.29 is 9.90 Å². The lowest BCUT2D eigenvalue weighted by molar-refractivity contribution is 0.182. The van der Waals surface area contributed by atoms with Gasteiger partial charge in [0, 0.05) is 31.3 Å². The summed E-state index contributed by atoms with van der Waals surface area (Å²) in [5.41, 5.74) is 0.704. The quantitative estimate of drug-likeness (QED) is 0.729. The van der Waals surface area contributed by atoms with E-state index in [2.05, 4.69) is 22.7 Å². The first-order chi connectivity index (χ1) is 10.2. The van der Waals surface area contributed by atoms with Gasteiger partial charge in [0.2, 0.25) is 0 Å². The van der Waals surface area contributed by atoms with Gasteiger partial charge in [-0.25, -0.2) is 4.79 Å². The summed E-state index contributed by atoms with van der Waals surface area (Å²) < 4.78 is 1.82. The van der Waals surface area contributed by atoms with Crippen molar-refractivity contribution in [2.75, 3.05) is 11.9 Å². The van der Waals surface area contributed by atoms with E-state index < -0.39 is 0 Å². The van der Waals surface area contributed by atoms with E-state index in [0.717, 1.165) is 38.6 Å². The Morgan fingerprint density at radius 2 is 2.24 bits per heavy atom. The lowest BCUT2D eigenvalue weighted by atomic mass is 9.96. The van der Waals surface area contributed by atoms with Gasteiger partial charge >= 0.3 is 6.03 Å². The second kappa shape index (κ2) is 8.02. The third kappa shape index (κ3) is 4.74. The van der Waals surface area contributed by atoms with Gasteiger partial charge in [-0.05, 0) is 19.3 Å². The Bertz CT molecular complexity index is 447. The second-order valence-corrected chi connectivity index (χ2v) is 5.78. The number of aliphatic hydroxyl groups is 1. The smallest absolute Gasteiger partial charge is 0.319 e. The van der Waals surface area contributed by atoms with Crippen LogP contribution in [0.25, 0.3) is 0 Å². The lowest BCUT2D eigenvalue weighted by Gasteiger charge is -2.24. The number of aryl methyl sites for hydroxylation is 1. The third-order valence-electron chi connectivity index (χ3n) is 4.05. The largest absolute Gasteiger partial charge is 0.396 e. The number of urea groups is 1. The van der Waals surface area contributed by atoms with Gasteiger partial charge in [-0.2, -0.15) is 5.10 Å². The molecule has 6 nitrogen and oxygen atoms in total. The van der Waals surface area contributed by atoms with Crippen LogP contribution in [0.5, 0.6) is 0 Å². The van der Waals surface area contributed by atoms with E-state index in [1.165, 1.54) is 6.42 Å². The molecule has 1 aliphatic rings. The molecule has 3 N–H and O–H groups in total. The fourth-order valence-corrected chi connectivity index (χ4v) is 2.91. The Morgan fingerprint density at radius 3 is 3.00 bits per heavy atom. The first kappa shape index (κ1) is 15.8. The summed E-state index contributed by atoms with van der Waals surface area (Å²) in [6.07, 6.45) is 9.84. The number of amides is 2. The van der Waals surface area contributed by atoms with Crippen LogP contribution >= 0.6 is 0 Å². The molecule has 0 saturated heterocycles. The number of aromatic nitrogens is 2. The van der Waals surface area contributed by atoms with Crippen LogP contribution in [0, 0.1) is 5.92 Å². The molecular formula is C15H26N4O2. The molecule has 1 saturated carbocycles. The van der Waals surface area contributed by atoms with E-state index in [9.17, 15) is 9.90 Å². The number of carbonyl (C=O) groups excluding carboxylic acids is 1. The Kier molecular flexibility index (Phi) is 6.04. The number of rotatable bonds is 5. The highest BCUT2D eigenvalue weighted by molar-refractivity contribution is 5.89. The molecule has 118 valence electrons. The summed E-state index contributed by atoms with van der Waals surface area (Å²) in [7, 11) is 0. The van der Waals surface area contributed by atoms with Crippen molar-refractivity contribution in [1.29, 1.82) is 0 Å². The second-order valence-electron chi connectivity index (χ2n) is 5.78. The maximum atomic E-state index is 12.1. The van der Waals surface area contributed by atoms with Crippen LogP contribution in [0.15, 0.2) is 12.4 Å². The van der Waals surface area contributed by atoms with Crippen molar-refractivity contribution in [2.45, 2.75) is 58.0 Å². The van der Waals surface area contributed by atoms with Gasteiger partial charge < -0.3 is 15.7 Å². The highest BCUT2D eigenvalue weighted by Gasteiger charge is 2.24. The fraction of sp³-hybridized carbons (Fsp3) is 0.733. The van der Waals surface area contributed by atoms with E-state index in [0.29, 0.717) is 5.69 Å². The number of anilines is 1. The van der Waals surface area contributed by atoms with Crippen LogP contribution in [0.2, 0.25) is 0 Å². The van der Waals surface area contributed by atoms with Gasteiger partial charge in [0.25, 0.3) is 0 Å². The molecule has 2 unspecified atom stereocenters. The number of hydrogen-bond acceptors (Lipinski definition) is 3. The van der Waals surface area contributed by atoms with E-state index >= 15 is 0 Å². The molecule has 2 amide bonds. The SMILES string of the molecule is CCCn1cc(NC(=O)NC2CCCCCC2CO)cn1. The number of nitrogens with zero attached hydrogens (tertiary/aromatic N) is 2. The number of aliphatic hydroxyl groups excluding tert-OH is 1. The Morgan fingerprint density at radius 1 is 1.43 bits per heavy atom. The minimum atomic E-state index is -0.212. The molecule has 1 aromatic rings. The average molecular weight is 294 g/mol. The van der Waals surface area contributed by atoms with Crippen molar-refractivity contribution in [1.82, 2.24) is 15.1 Å². The van der Waals surface area contributed by atoms with Crippen LogP contribution < -0.4 is 10.6 Å². The van der Waals surface area contributed by atoms with Crippen molar-refractivity contribution >= 4 is 11.7 Å². The molecular weight excluding hydrogens is 268 g/mol. The topological polar surface area (TPSA) is 79.2 Å². The van der Waals surface area contributed by atoms with Crippen molar-refractivity contribution in [3.8, 4) is 0 Å². The van der Waals surface area contributed by atoms with Crippen LogP contribution in [0.3, 0.4) is 0 Å². The number of hydrogen-bond donors (Lipinski definition) is 3. The van der Waals surface area contributed by atoms with Crippen LogP contribution in [0.1, 0.15) is 45.4 Å². The standard InChI is InChI=1S/C15H26N4O2/c1-2-8-19-10-13(9-16-19)17-15(21)18-14-7-5-3-4-6-12(14)11-20/h9-10,12,14,20H,2-8,11H2,1H3,(H2,17,18,21). The van der Waals surface area contributed by atoms with E-state index in [4.69, 9.17) is 0 Å². The molecule has 0 aliphatic heterocycles. The molecule has 2 rings (SSSR count). The summed E-state index contributed by atoms with van der Waals surface area (Å²) in [5.74, 6) is 0.168. The molecule has 0 radical (unpaired) electrons. The average Bonchev–Trinajstić information content (AvgIpc) is 2.77. The molecule has 0 aromatic carbocycles. The zero-order chi connectivity index (χ0) is 15.1.